The summed E-state index contributed by atoms with van der Waals surface area (Å²) in [4.78, 5) is 11.9. The van der Waals surface area contributed by atoms with Gasteiger partial charge in [-0.2, -0.15) is 5.10 Å². The average Bonchev–Trinajstić information content (AvgIpc) is 2.76. The van der Waals surface area contributed by atoms with Gasteiger partial charge in [0.25, 0.3) is 0 Å². The van der Waals surface area contributed by atoms with Crippen LogP contribution in [0, 0.1) is 5.92 Å². The number of carbonyl (C=O) groups is 1. The van der Waals surface area contributed by atoms with Gasteiger partial charge in [-0.25, -0.2) is 4.79 Å². The molecule has 1 heterocycles. The Morgan fingerprint density at radius 3 is 2.63 bits per heavy atom. The van der Waals surface area contributed by atoms with Crippen LogP contribution >= 0.6 is 0 Å². The molecule has 0 aliphatic rings. The fourth-order valence-corrected chi connectivity index (χ4v) is 1.60. The van der Waals surface area contributed by atoms with E-state index >= 15 is 0 Å². The third-order valence-electron chi connectivity index (χ3n) is 2.52. The minimum absolute atomic E-state index is 0.168. The number of ether oxygens (including phenoxy) is 2. The number of hydrogen-bond acceptors (Lipinski definition) is 4. The standard InChI is InChI=1S/C14H24N2O3/c1-10(2)9-18-6-7-19-13(17)11-8-15-16-12(11)14(3,4)5/h8,10H,6-7,9H2,1-5H3,(H,15,16). The Labute approximate surface area is 114 Å². The molecular weight excluding hydrogens is 244 g/mol. The smallest absolute Gasteiger partial charge is 0.341 e. The van der Waals surface area contributed by atoms with Gasteiger partial charge in [-0.15, -0.1) is 0 Å². The van der Waals surface area contributed by atoms with Crippen molar-refractivity contribution in [2.24, 2.45) is 5.92 Å². The Morgan fingerprint density at radius 1 is 1.37 bits per heavy atom. The largest absolute Gasteiger partial charge is 0.460 e. The molecule has 0 bridgehead atoms. The van der Waals surface area contributed by atoms with Crippen LogP contribution in [0.2, 0.25) is 0 Å². The summed E-state index contributed by atoms with van der Waals surface area (Å²) in [7, 11) is 0. The minimum atomic E-state index is -0.355. The van der Waals surface area contributed by atoms with Gasteiger partial charge in [0.05, 0.1) is 18.5 Å². The molecule has 0 amide bonds. The zero-order chi connectivity index (χ0) is 14.5. The molecule has 1 aromatic heterocycles. The summed E-state index contributed by atoms with van der Waals surface area (Å²) in [6, 6.07) is 0. The maximum absolute atomic E-state index is 11.9. The van der Waals surface area contributed by atoms with Gasteiger partial charge in [0.15, 0.2) is 0 Å². The van der Waals surface area contributed by atoms with Gasteiger partial charge in [0.1, 0.15) is 12.2 Å². The second-order valence-corrected chi connectivity index (χ2v) is 6.01. The van der Waals surface area contributed by atoms with E-state index in [2.05, 4.69) is 24.0 Å². The summed E-state index contributed by atoms with van der Waals surface area (Å²) in [5.74, 6) is 0.129. The zero-order valence-corrected chi connectivity index (χ0v) is 12.4. The third kappa shape index (κ3) is 5.03. The van der Waals surface area contributed by atoms with Crippen LogP contribution in [0.5, 0.6) is 0 Å². The molecule has 5 nitrogen and oxygen atoms in total. The first-order chi connectivity index (χ1) is 8.82. The van der Waals surface area contributed by atoms with E-state index in [9.17, 15) is 4.79 Å². The van der Waals surface area contributed by atoms with Crippen molar-refractivity contribution in [3.63, 3.8) is 0 Å². The SMILES string of the molecule is CC(C)COCCOC(=O)c1cn[nH]c1C(C)(C)C. The Kier molecular flexibility index (Phi) is 5.54. The highest BCUT2D eigenvalue weighted by molar-refractivity contribution is 5.90. The molecule has 0 saturated heterocycles. The van der Waals surface area contributed by atoms with E-state index in [1.165, 1.54) is 6.20 Å². The highest BCUT2D eigenvalue weighted by Gasteiger charge is 2.24. The summed E-state index contributed by atoms with van der Waals surface area (Å²) in [6.45, 7) is 11.6. The first kappa shape index (κ1) is 15.7. The zero-order valence-electron chi connectivity index (χ0n) is 12.4. The van der Waals surface area contributed by atoms with Crippen molar-refractivity contribution in [3.8, 4) is 0 Å². The van der Waals surface area contributed by atoms with Gasteiger partial charge in [-0.1, -0.05) is 34.6 Å². The number of nitrogens with zero attached hydrogens (tertiary/aromatic N) is 1. The summed E-state index contributed by atoms with van der Waals surface area (Å²) in [5.41, 5.74) is 1.12. The summed E-state index contributed by atoms with van der Waals surface area (Å²) in [5, 5.41) is 6.78. The summed E-state index contributed by atoms with van der Waals surface area (Å²) in [6.07, 6.45) is 1.51. The molecule has 0 aliphatic heterocycles. The normalized spacial score (nSPS) is 11.9. The Bertz CT molecular complexity index is 405. The van der Waals surface area contributed by atoms with Crippen molar-refractivity contribution < 1.29 is 14.3 Å². The molecule has 1 aromatic rings. The number of carbonyl (C=O) groups excluding carboxylic acids is 1. The number of hydrogen-bond donors (Lipinski definition) is 1. The van der Waals surface area contributed by atoms with Crippen molar-refractivity contribution in [1.29, 1.82) is 0 Å². The van der Waals surface area contributed by atoms with Crippen molar-refractivity contribution in [2.45, 2.75) is 40.0 Å². The topological polar surface area (TPSA) is 64.2 Å². The van der Waals surface area contributed by atoms with Crippen molar-refractivity contribution in [3.05, 3.63) is 17.5 Å². The molecular formula is C14H24N2O3. The monoisotopic (exact) mass is 268 g/mol. The molecule has 19 heavy (non-hydrogen) atoms. The average molecular weight is 268 g/mol. The van der Waals surface area contributed by atoms with Gasteiger partial charge >= 0.3 is 5.97 Å². The number of esters is 1. The molecule has 0 aromatic carbocycles. The van der Waals surface area contributed by atoms with Crippen LogP contribution in [0.3, 0.4) is 0 Å². The molecule has 0 atom stereocenters. The number of nitrogens with one attached hydrogen (secondary N) is 1. The molecule has 0 unspecified atom stereocenters. The maximum Gasteiger partial charge on any atom is 0.341 e. The first-order valence-electron chi connectivity index (χ1n) is 6.61. The van der Waals surface area contributed by atoms with Crippen molar-refractivity contribution >= 4 is 5.97 Å². The molecule has 0 saturated carbocycles. The van der Waals surface area contributed by atoms with Crippen molar-refractivity contribution in [2.75, 3.05) is 19.8 Å². The molecule has 0 fully saturated rings. The highest BCUT2D eigenvalue weighted by Crippen LogP contribution is 2.23. The predicted molar refractivity (Wildman–Crippen MR) is 73.2 cm³/mol. The lowest BCUT2D eigenvalue weighted by Crippen LogP contribution is -2.19. The molecule has 0 spiro atoms. The molecule has 0 radical (unpaired) electrons. The van der Waals surface area contributed by atoms with E-state index in [0.29, 0.717) is 24.7 Å². The molecule has 0 aliphatic carbocycles. The Morgan fingerprint density at radius 2 is 2.05 bits per heavy atom. The lowest BCUT2D eigenvalue weighted by atomic mass is 9.90. The number of H-pyrrole nitrogens is 1. The minimum Gasteiger partial charge on any atom is -0.460 e. The van der Waals surface area contributed by atoms with Crippen LogP contribution in [0.25, 0.3) is 0 Å². The second-order valence-electron chi connectivity index (χ2n) is 6.01. The summed E-state index contributed by atoms with van der Waals surface area (Å²) >= 11 is 0. The van der Waals surface area contributed by atoms with E-state index in [0.717, 1.165) is 5.69 Å². The van der Waals surface area contributed by atoms with E-state index < -0.39 is 0 Å². The van der Waals surface area contributed by atoms with Crippen LogP contribution in [0.1, 0.15) is 50.7 Å². The van der Waals surface area contributed by atoms with Crippen LogP contribution in [-0.4, -0.2) is 36.0 Å². The van der Waals surface area contributed by atoms with Gasteiger partial charge < -0.3 is 9.47 Å². The van der Waals surface area contributed by atoms with Crippen LogP contribution in [0.4, 0.5) is 0 Å². The van der Waals surface area contributed by atoms with Crippen LogP contribution in [-0.2, 0) is 14.9 Å². The van der Waals surface area contributed by atoms with E-state index in [-0.39, 0.29) is 18.0 Å². The van der Waals surface area contributed by atoms with E-state index in [1.54, 1.807) is 0 Å². The lowest BCUT2D eigenvalue weighted by molar-refractivity contribution is 0.0275. The highest BCUT2D eigenvalue weighted by atomic mass is 16.6. The molecule has 1 N–H and O–H groups in total. The Hall–Kier alpha value is -1.36. The first-order valence-corrected chi connectivity index (χ1v) is 6.61. The van der Waals surface area contributed by atoms with Gasteiger partial charge in [-0.3, -0.25) is 5.10 Å². The van der Waals surface area contributed by atoms with Crippen LogP contribution in [0.15, 0.2) is 6.20 Å². The maximum atomic E-state index is 11.9. The fraction of sp³-hybridized carbons (Fsp3) is 0.714. The fourth-order valence-electron chi connectivity index (χ4n) is 1.60. The van der Waals surface area contributed by atoms with E-state index in [1.807, 2.05) is 20.8 Å². The Balaban J connectivity index is 2.44. The van der Waals surface area contributed by atoms with Gasteiger partial charge in [0, 0.05) is 12.0 Å². The predicted octanol–water partition coefficient (Wildman–Crippen LogP) is 2.54. The van der Waals surface area contributed by atoms with Crippen LogP contribution < -0.4 is 0 Å². The van der Waals surface area contributed by atoms with E-state index in [4.69, 9.17) is 9.47 Å². The van der Waals surface area contributed by atoms with Gasteiger partial charge in [0.2, 0.25) is 0 Å². The van der Waals surface area contributed by atoms with Gasteiger partial charge in [-0.05, 0) is 5.92 Å². The van der Waals surface area contributed by atoms with Crippen molar-refractivity contribution in [1.82, 2.24) is 10.2 Å². The molecule has 5 heteroatoms. The number of aromatic nitrogens is 2. The quantitative estimate of drug-likeness (QED) is 0.636. The number of rotatable bonds is 6. The molecule has 1 rings (SSSR count). The summed E-state index contributed by atoms with van der Waals surface area (Å²) < 4.78 is 10.5. The third-order valence-corrected chi connectivity index (χ3v) is 2.52. The molecule has 108 valence electrons. The lowest BCUT2D eigenvalue weighted by Gasteiger charge is -2.17. The second kappa shape index (κ2) is 6.70. The number of aromatic amines is 1.